The van der Waals surface area contributed by atoms with Gasteiger partial charge in [0.25, 0.3) is 0 Å². The lowest BCUT2D eigenvalue weighted by atomic mass is 10.1. The van der Waals surface area contributed by atoms with Gasteiger partial charge in [0.15, 0.2) is 0 Å². The minimum absolute atomic E-state index is 0.0661. The van der Waals surface area contributed by atoms with Crippen LogP contribution in [0.4, 0.5) is 0 Å². The monoisotopic (exact) mass is 195 g/mol. The van der Waals surface area contributed by atoms with E-state index < -0.39 is 0 Å². The first-order valence-electron chi connectivity index (χ1n) is 5.17. The van der Waals surface area contributed by atoms with Gasteiger partial charge in [-0.1, -0.05) is 6.58 Å². The van der Waals surface area contributed by atoms with Gasteiger partial charge in [-0.25, -0.2) is 0 Å². The minimum Gasteiger partial charge on any atom is -0.337 e. The molecule has 0 atom stereocenters. The lowest BCUT2D eigenvalue weighted by molar-refractivity contribution is -0.128. The molecule has 1 amide bonds. The summed E-state index contributed by atoms with van der Waals surface area (Å²) in [7, 11) is 0. The highest BCUT2D eigenvalue weighted by Crippen LogP contribution is 2.09. The molecular formula is C10H17N3O. The van der Waals surface area contributed by atoms with Crippen LogP contribution in [0, 0.1) is 0 Å². The van der Waals surface area contributed by atoms with Gasteiger partial charge in [0.2, 0.25) is 5.91 Å². The quantitative estimate of drug-likeness (QED) is 0.591. The Morgan fingerprint density at radius 3 is 2.36 bits per heavy atom. The zero-order valence-electron chi connectivity index (χ0n) is 8.41. The molecule has 2 heterocycles. The van der Waals surface area contributed by atoms with Crippen molar-refractivity contribution < 1.29 is 4.79 Å². The van der Waals surface area contributed by atoms with Crippen LogP contribution in [0.2, 0.25) is 0 Å². The standard InChI is InChI=1S/C10H17N3O/c1-2-10(14)13-5-3-12(4-6-13)9-7-11-8-9/h2,9,11H,1,3-8H2. The van der Waals surface area contributed by atoms with Crippen LogP contribution in [0.25, 0.3) is 0 Å². The zero-order chi connectivity index (χ0) is 9.97. The highest BCUT2D eigenvalue weighted by molar-refractivity contribution is 5.87. The van der Waals surface area contributed by atoms with Crippen LogP contribution < -0.4 is 5.32 Å². The maximum absolute atomic E-state index is 11.3. The Morgan fingerprint density at radius 2 is 1.93 bits per heavy atom. The van der Waals surface area contributed by atoms with E-state index in [4.69, 9.17) is 0 Å². The molecule has 2 saturated heterocycles. The topological polar surface area (TPSA) is 35.6 Å². The third-order valence-electron chi connectivity index (χ3n) is 3.08. The van der Waals surface area contributed by atoms with Crippen LogP contribution in [0.3, 0.4) is 0 Å². The van der Waals surface area contributed by atoms with Crippen molar-refractivity contribution >= 4 is 5.91 Å². The molecule has 0 aromatic heterocycles. The van der Waals surface area contributed by atoms with Crippen LogP contribution in [0.1, 0.15) is 0 Å². The number of rotatable bonds is 2. The second-order valence-corrected chi connectivity index (χ2v) is 3.88. The first kappa shape index (κ1) is 9.68. The number of piperazine rings is 1. The van der Waals surface area contributed by atoms with Gasteiger partial charge < -0.3 is 10.2 Å². The van der Waals surface area contributed by atoms with E-state index >= 15 is 0 Å². The van der Waals surface area contributed by atoms with Gasteiger partial charge in [0.05, 0.1) is 0 Å². The van der Waals surface area contributed by atoms with Crippen LogP contribution in [0.15, 0.2) is 12.7 Å². The van der Waals surface area contributed by atoms with Crippen molar-refractivity contribution in [3.63, 3.8) is 0 Å². The van der Waals surface area contributed by atoms with E-state index in [0.29, 0.717) is 6.04 Å². The minimum atomic E-state index is 0.0661. The number of carbonyl (C=O) groups is 1. The van der Waals surface area contributed by atoms with Crippen LogP contribution in [0.5, 0.6) is 0 Å². The number of amides is 1. The first-order valence-corrected chi connectivity index (χ1v) is 5.17. The van der Waals surface area contributed by atoms with E-state index in [2.05, 4.69) is 16.8 Å². The predicted molar refractivity (Wildman–Crippen MR) is 55.0 cm³/mol. The maximum atomic E-state index is 11.3. The highest BCUT2D eigenvalue weighted by Gasteiger charge is 2.28. The summed E-state index contributed by atoms with van der Waals surface area (Å²) in [4.78, 5) is 15.6. The van der Waals surface area contributed by atoms with Gasteiger partial charge in [-0.15, -0.1) is 0 Å². The van der Waals surface area contributed by atoms with Gasteiger partial charge in [-0.05, 0) is 6.08 Å². The zero-order valence-corrected chi connectivity index (χ0v) is 8.41. The van der Waals surface area contributed by atoms with E-state index in [-0.39, 0.29) is 5.91 Å². The summed E-state index contributed by atoms with van der Waals surface area (Å²) in [5, 5.41) is 3.27. The number of hydrogen-bond donors (Lipinski definition) is 1. The molecule has 0 radical (unpaired) electrons. The van der Waals surface area contributed by atoms with Crippen molar-refractivity contribution in [1.29, 1.82) is 0 Å². The summed E-state index contributed by atoms with van der Waals surface area (Å²) in [6, 6.07) is 0.705. The molecule has 14 heavy (non-hydrogen) atoms. The number of carbonyl (C=O) groups excluding carboxylic acids is 1. The van der Waals surface area contributed by atoms with Gasteiger partial charge in [0, 0.05) is 45.3 Å². The summed E-state index contributed by atoms with van der Waals surface area (Å²) >= 11 is 0. The largest absolute Gasteiger partial charge is 0.337 e. The van der Waals surface area contributed by atoms with Crippen LogP contribution >= 0.6 is 0 Å². The van der Waals surface area contributed by atoms with Gasteiger partial charge >= 0.3 is 0 Å². The smallest absolute Gasteiger partial charge is 0.246 e. The van der Waals surface area contributed by atoms with E-state index in [1.54, 1.807) is 0 Å². The lowest BCUT2D eigenvalue weighted by Gasteiger charge is -2.43. The molecule has 0 aromatic carbocycles. The van der Waals surface area contributed by atoms with Gasteiger partial charge in [-0.2, -0.15) is 0 Å². The predicted octanol–water partition coefficient (Wildman–Crippen LogP) is -0.712. The van der Waals surface area contributed by atoms with Crippen molar-refractivity contribution in [3.8, 4) is 0 Å². The fourth-order valence-corrected chi connectivity index (χ4v) is 1.97. The molecule has 0 unspecified atom stereocenters. The Bertz CT molecular complexity index is 230. The van der Waals surface area contributed by atoms with Crippen molar-refractivity contribution in [1.82, 2.24) is 15.1 Å². The van der Waals surface area contributed by atoms with Crippen molar-refractivity contribution in [2.75, 3.05) is 39.3 Å². The summed E-state index contributed by atoms with van der Waals surface area (Å²) in [6.07, 6.45) is 1.40. The normalized spacial score (nSPS) is 24.4. The van der Waals surface area contributed by atoms with Crippen LogP contribution in [-0.4, -0.2) is 61.0 Å². The number of hydrogen-bond acceptors (Lipinski definition) is 3. The Labute approximate surface area is 84.6 Å². The summed E-state index contributed by atoms with van der Waals surface area (Å²) in [5.41, 5.74) is 0. The molecule has 0 aliphatic carbocycles. The molecule has 2 rings (SSSR count). The molecule has 0 saturated carbocycles. The molecule has 0 bridgehead atoms. The second kappa shape index (κ2) is 4.11. The summed E-state index contributed by atoms with van der Waals surface area (Å²) in [6.45, 7) is 9.42. The third-order valence-corrected chi connectivity index (χ3v) is 3.08. The van der Waals surface area contributed by atoms with E-state index in [0.717, 1.165) is 39.3 Å². The van der Waals surface area contributed by atoms with E-state index in [1.165, 1.54) is 6.08 Å². The second-order valence-electron chi connectivity index (χ2n) is 3.88. The number of nitrogens with zero attached hydrogens (tertiary/aromatic N) is 2. The number of nitrogens with one attached hydrogen (secondary N) is 1. The Hall–Kier alpha value is -0.870. The average molecular weight is 195 g/mol. The van der Waals surface area contributed by atoms with Crippen molar-refractivity contribution in [2.45, 2.75) is 6.04 Å². The maximum Gasteiger partial charge on any atom is 0.246 e. The average Bonchev–Trinajstić information content (AvgIpc) is 2.15. The summed E-state index contributed by atoms with van der Waals surface area (Å²) in [5.74, 6) is 0.0661. The SMILES string of the molecule is C=CC(=O)N1CCN(C2CNC2)CC1. The summed E-state index contributed by atoms with van der Waals surface area (Å²) < 4.78 is 0. The van der Waals surface area contributed by atoms with Gasteiger partial charge in [0.1, 0.15) is 0 Å². The fourth-order valence-electron chi connectivity index (χ4n) is 1.97. The molecule has 4 nitrogen and oxygen atoms in total. The molecule has 2 aliphatic rings. The Kier molecular flexibility index (Phi) is 2.84. The van der Waals surface area contributed by atoms with E-state index in [9.17, 15) is 4.79 Å². The molecule has 4 heteroatoms. The molecule has 1 N–H and O–H groups in total. The van der Waals surface area contributed by atoms with Crippen LogP contribution in [-0.2, 0) is 4.79 Å². The first-order chi connectivity index (χ1) is 6.81. The highest BCUT2D eigenvalue weighted by atomic mass is 16.2. The third kappa shape index (κ3) is 1.81. The fraction of sp³-hybridized carbons (Fsp3) is 0.700. The molecular weight excluding hydrogens is 178 g/mol. The van der Waals surface area contributed by atoms with E-state index in [1.807, 2.05) is 4.90 Å². The Morgan fingerprint density at radius 1 is 1.29 bits per heavy atom. The molecule has 0 spiro atoms. The molecule has 2 fully saturated rings. The molecule has 0 aromatic rings. The molecule has 78 valence electrons. The van der Waals surface area contributed by atoms with Crippen molar-refractivity contribution in [2.24, 2.45) is 0 Å². The Balaban J connectivity index is 1.79. The van der Waals surface area contributed by atoms with Crippen molar-refractivity contribution in [3.05, 3.63) is 12.7 Å². The lowest BCUT2D eigenvalue weighted by Crippen LogP contribution is -2.61. The molecule has 2 aliphatic heterocycles. The van der Waals surface area contributed by atoms with Gasteiger partial charge in [-0.3, -0.25) is 9.69 Å².